The highest BCUT2D eigenvalue weighted by Crippen LogP contribution is 2.34. The standard InChI is InChI=1S/C15H28N2O2/c1-2-16-11-7-15(8-12-16,13-14(18)19)17-9-5-3-4-6-10-17/h2-13H2,1H3,(H,18,19). The molecule has 0 radical (unpaired) electrons. The Balaban J connectivity index is 2.07. The number of hydrogen-bond acceptors (Lipinski definition) is 3. The van der Waals surface area contributed by atoms with Crippen LogP contribution in [0.15, 0.2) is 0 Å². The molecule has 0 atom stereocenters. The number of carboxylic acids is 1. The minimum atomic E-state index is -0.630. The molecule has 2 aliphatic heterocycles. The Kier molecular flexibility index (Phi) is 5.22. The van der Waals surface area contributed by atoms with E-state index in [2.05, 4.69) is 16.7 Å². The number of likely N-dealkylation sites (tertiary alicyclic amines) is 2. The highest BCUT2D eigenvalue weighted by atomic mass is 16.4. The van der Waals surface area contributed by atoms with Gasteiger partial charge in [0, 0.05) is 5.54 Å². The van der Waals surface area contributed by atoms with Crippen LogP contribution < -0.4 is 0 Å². The fourth-order valence-electron chi connectivity index (χ4n) is 3.72. The first-order valence-electron chi connectivity index (χ1n) is 7.85. The van der Waals surface area contributed by atoms with Crippen LogP contribution in [0.4, 0.5) is 0 Å². The summed E-state index contributed by atoms with van der Waals surface area (Å²) in [7, 11) is 0. The second-order valence-electron chi connectivity index (χ2n) is 6.13. The summed E-state index contributed by atoms with van der Waals surface area (Å²) >= 11 is 0. The molecule has 4 heteroatoms. The van der Waals surface area contributed by atoms with E-state index in [1.165, 1.54) is 25.7 Å². The van der Waals surface area contributed by atoms with E-state index in [1.807, 2.05) is 0 Å². The molecule has 0 aromatic carbocycles. The second kappa shape index (κ2) is 6.71. The fraction of sp³-hybridized carbons (Fsp3) is 0.933. The van der Waals surface area contributed by atoms with Crippen LogP contribution in [0, 0.1) is 0 Å². The SMILES string of the molecule is CCN1CCC(CC(=O)O)(N2CCCCCC2)CC1. The summed E-state index contributed by atoms with van der Waals surface area (Å²) in [6.45, 7) is 7.58. The first-order chi connectivity index (χ1) is 9.16. The summed E-state index contributed by atoms with van der Waals surface area (Å²) in [6, 6.07) is 0. The largest absolute Gasteiger partial charge is 0.481 e. The van der Waals surface area contributed by atoms with Gasteiger partial charge in [-0.15, -0.1) is 0 Å². The highest BCUT2D eigenvalue weighted by Gasteiger charge is 2.41. The second-order valence-corrected chi connectivity index (χ2v) is 6.13. The Hall–Kier alpha value is -0.610. The molecule has 0 saturated carbocycles. The van der Waals surface area contributed by atoms with Crippen molar-refractivity contribution in [2.24, 2.45) is 0 Å². The molecule has 4 nitrogen and oxygen atoms in total. The third kappa shape index (κ3) is 3.69. The first-order valence-corrected chi connectivity index (χ1v) is 7.85. The van der Waals surface area contributed by atoms with E-state index >= 15 is 0 Å². The van der Waals surface area contributed by atoms with Gasteiger partial charge in [-0.3, -0.25) is 9.69 Å². The zero-order chi connectivity index (χ0) is 13.7. The number of aliphatic carboxylic acids is 1. The lowest BCUT2D eigenvalue weighted by Gasteiger charge is -2.48. The molecule has 0 spiro atoms. The summed E-state index contributed by atoms with van der Waals surface area (Å²) in [5.41, 5.74) is -0.0676. The number of carbonyl (C=O) groups is 1. The van der Waals surface area contributed by atoms with E-state index in [4.69, 9.17) is 0 Å². The van der Waals surface area contributed by atoms with Crippen molar-refractivity contribution in [1.82, 2.24) is 9.80 Å². The molecule has 2 rings (SSSR count). The van der Waals surface area contributed by atoms with E-state index in [0.29, 0.717) is 6.42 Å². The minimum Gasteiger partial charge on any atom is -0.481 e. The molecule has 0 amide bonds. The normalized spacial score (nSPS) is 25.9. The Morgan fingerprint density at radius 3 is 2.11 bits per heavy atom. The van der Waals surface area contributed by atoms with Crippen molar-refractivity contribution in [2.75, 3.05) is 32.7 Å². The summed E-state index contributed by atoms with van der Waals surface area (Å²) in [6.07, 6.45) is 7.45. The maximum atomic E-state index is 11.3. The van der Waals surface area contributed by atoms with Crippen molar-refractivity contribution in [1.29, 1.82) is 0 Å². The molecule has 2 heterocycles. The predicted octanol–water partition coefficient (Wildman–Crippen LogP) is 2.19. The average molecular weight is 268 g/mol. The molecule has 0 unspecified atom stereocenters. The van der Waals surface area contributed by atoms with E-state index in [0.717, 1.165) is 45.6 Å². The molecular formula is C15H28N2O2. The number of piperidine rings is 1. The average Bonchev–Trinajstić information content (AvgIpc) is 2.68. The summed E-state index contributed by atoms with van der Waals surface area (Å²) in [5.74, 6) is -0.630. The van der Waals surface area contributed by atoms with Gasteiger partial charge in [0.15, 0.2) is 0 Å². The smallest absolute Gasteiger partial charge is 0.305 e. The van der Waals surface area contributed by atoms with Gasteiger partial charge in [-0.05, 0) is 58.4 Å². The van der Waals surface area contributed by atoms with Crippen molar-refractivity contribution >= 4 is 5.97 Å². The van der Waals surface area contributed by atoms with Crippen LogP contribution in [0.1, 0.15) is 51.9 Å². The molecule has 0 aromatic heterocycles. The van der Waals surface area contributed by atoms with Gasteiger partial charge in [-0.2, -0.15) is 0 Å². The van der Waals surface area contributed by atoms with Crippen molar-refractivity contribution < 1.29 is 9.90 Å². The maximum absolute atomic E-state index is 11.3. The van der Waals surface area contributed by atoms with E-state index in [1.54, 1.807) is 0 Å². The van der Waals surface area contributed by atoms with Gasteiger partial charge in [0.25, 0.3) is 0 Å². The lowest BCUT2D eigenvalue weighted by atomic mass is 9.82. The van der Waals surface area contributed by atoms with Crippen LogP contribution in [0.3, 0.4) is 0 Å². The highest BCUT2D eigenvalue weighted by molar-refractivity contribution is 5.68. The minimum absolute atomic E-state index is 0.0676. The van der Waals surface area contributed by atoms with Gasteiger partial charge in [-0.25, -0.2) is 0 Å². The molecule has 110 valence electrons. The zero-order valence-corrected chi connectivity index (χ0v) is 12.2. The molecular weight excluding hydrogens is 240 g/mol. The van der Waals surface area contributed by atoms with Gasteiger partial charge in [0.1, 0.15) is 0 Å². The van der Waals surface area contributed by atoms with Crippen LogP contribution in [-0.2, 0) is 4.79 Å². The van der Waals surface area contributed by atoms with Crippen LogP contribution in [0.25, 0.3) is 0 Å². The summed E-state index contributed by atoms with van der Waals surface area (Å²) in [4.78, 5) is 16.3. The van der Waals surface area contributed by atoms with E-state index in [9.17, 15) is 9.90 Å². The quantitative estimate of drug-likeness (QED) is 0.849. The summed E-state index contributed by atoms with van der Waals surface area (Å²) in [5, 5.41) is 9.31. The van der Waals surface area contributed by atoms with E-state index < -0.39 is 5.97 Å². The lowest BCUT2D eigenvalue weighted by Crippen LogP contribution is -2.56. The number of nitrogens with zero attached hydrogens (tertiary/aromatic N) is 2. The van der Waals surface area contributed by atoms with Gasteiger partial charge < -0.3 is 10.0 Å². The molecule has 2 aliphatic rings. The molecule has 2 fully saturated rings. The molecule has 0 aliphatic carbocycles. The number of rotatable bonds is 4. The third-order valence-electron chi connectivity index (χ3n) is 4.99. The Morgan fingerprint density at radius 2 is 1.63 bits per heavy atom. The zero-order valence-electron chi connectivity index (χ0n) is 12.2. The van der Waals surface area contributed by atoms with Gasteiger partial charge in [-0.1, -0.05) is 19.8 Å². The third-order valence-corrected chi connectivity index (χ3v) is 4.99. The van der Waals surface area contributed by atoms with Crippen molar-refractivity contribution in [3.8, 4) is 0 Å². The predicted molar refractivity (Wildman–Crippen MR) is 76.4 cm³/mol. The monoisotopic (exact) mass is 268 g/mol. The number of carboxylic acid groups (broad SMARTS) is 1. The molecule has 19 heavy (non-hydrogen) atoms. The van der Waals surface area contributed by atoms with Crippen LogP contribution in [0.5, 0.6) is 0 Å². The molecule has 2 saturated heterocycles. The first kappa shape index (κ1) is 14.8. The van der Waals surface area contributed by atoms with Gasteiger partial charge in [0.2, 0.25) is 0 Å². The lowest BCUT2D eigenvalue weighted by molar-refractivity contribution is -0.141. The van der Waals surface area contributed by atoms with Crippen LogP contribution >= 0.6 is 0 Å². The van der Waals surface area contributed by atoms with Gasteiger partial charge >= 0.3 is 5.97 Å². The Labute approximate surface area is 116 Å². The van der Waals surface area contributed by atoms with Crippen molar-refractivity contribution in [2.45, 2.75) is 57.4 Å². The van der Waals surface area contributed by atoms with Crippen molar-refractivity contribution in [3.05, 3.63) is 0 Å². The van der Waals surface area contributed by atoms with Crippen LogP contribution in [-0.4, -0.2) is 59.1 Å². The topological polar surface area (TPSA) is 43.8 Å². The molecule has 0 bridgehead atoms. The molecule has 0 aromatic rings. The fourth-order valence-corrected chi connectivity index (χ4v) is 3.72. The number of hydrogen-bond donors (Lipinski definition) is 1. The van der Waals surface area contributed by atoms with Gasteiger partial charge in [0.05, 0.1) is 6.42 Å². The van der Waals surface area contributed by atoms with Crippen LogP contribution in [0.2, 0.25) is 0 Å². The van der Waals surface area contributed by atoms with Crippen molar-refractivity contribution in [3.63, 3.8) is 0 Å². The summed E-state index contributed by atoms with van der Waals surface area (Å²) < 4.78 is 0. The van der Waals surface area contributed by atoms with E-state index in [-0.39, 0.29) is 5.54 Å². The molecule has 1 N–H and O–H groups in total. The maximum Gasteiger partial charge on any atom is 0.305 e. The Morgan fingerprint density at radius 1 is 1.05 bits per heavy atom. The Bertz CT molecular complexity index is 291.